The molecule has 3 aliphatic rings. The number of benzene rings is 1. The number of aromatic nitrogens is 4. The monoisotopic (exact) mass is 599 g/mol. The number of hydrogen-bond donors (Lipinski definition) is 3. The molecule has 2 fully saturated rings. The van der Waals surface area contributed by atoms with Crippen LogP contribution in [-0.4, -0.2) is 61.4 Å². The molecule has 6 rings (SSSR count). The van der Waals surface area contributed by atoms with Crippen LogP contribution in [-0.2, 0) is 24.7 Å². The molecule has 0 unspecified atom stereocenters. The van der Waals surface area contributed by atoms with Crippen molar-refractivity contribution in [3.63, 3.8) is 0 Å². The van der Waals surface area contributed by atoms with Gasteiger partial charge in [0, 0.05) is 37.0 Å². The van der Waals surface area contributed by atoms with E-state index in [2.05, 4.69) is 64.1 Å². The Labute approximate surface area is 261 Å². The number of carboxylic acids is 1. The Morgan fingerprint density at radius 3 is 2.48 bits per heavy atom. The van der Waals surface area contributed by atoms with Crippen LogP contribution in [0.4, 0.5) is 11.8 Å². The van der Waals surface area contributed by atoms with Crippen molar-refractivity contribution in [2.24, 2.45) is 18.9 Å². The van der Waals surface area contributed by atoms with Gasteiger partial charge >= 0.3 is 5.97 Å². The fraction of sp³-hybridized carbons (Fsp3) is 0.600. The van der Waals surface area contributed by atoms with Gasteiger partial charge in [-0.1, -0.05) is 43.7 Å². The van der Waals surface area contributed by atoms with Crippen molar-refractivity contribution < 1.29 is 9.90 Å². The summed E-state index contributed by atoms with van der Waals surface area (Å²) in [6.07, 6.45) is 15.2. The molecule has 1 saturated carbocycles. The molecule has 2 aromatic heterocycles. The summed E-state index contributed by atoms with van der Waals surface area (Å²) in [5, 5.41) is 21.7. The first-order valence-corrected chi connectivity index (χ1v) is 16.9. The molecule has 9 nitrogen and oxygen atoms in total. The Hall–Kier alpha value is -3.46. The predicted octanol–water partition coefficient (Wildman–Crippen LogP) is 6.20. The van der Waals surface area contributed by atoms with Gasteiger partial charge in [-0.25, -0.2) is 4.98 Å². The summed E-state index contributed by atoms with van der Waals surface area (Å²) in [7, 11) is 1.98. The van der Waals surface area contributed by atoms with Gasteiger partial charge in [0.2, 0.25) is 5.95 Å². The second-order valence-electron chi connectivity index (χ2n) is 13.3. The average molecular weight is 600 g/mol. The molecule has 3 N–H and O–H groups in total. The van der Waals surface area contributed by atoms with Crippen LogP contribution in [0, 0.1) is 11.8 Å². The summed E-state index contributed by atoms with van der Waals surface area (Å²) in [6.45, 7) is 5.39. The van der Waals surface area contributed by atoms with Gasteiger partial charge in [-0.05, 0) is 94.7 Å². The first-order chi connectivity index (χ1) is 21.5. The molecule has 3 heterocycles. The Balaban J connectivity index is 1.29. The molecule has 0 radical (unpaired) electrons. The van der Waals surface area contributed by atoms with Crippen LogP contribution in [0.2, 0.25) is 0 Å². The van der Waals surface area contributed by atoms with Crippen LogP contribution in [0.1, 0.15) is 99.1 Å². The quantitative estimate of drug-likeness (QED) is 0.239. The van der Waals surface area contributed by atoms with Crippen molar-refractivity contribution in [1.29, 1.82) is 0 Å². The number of hydrogen-bond acceptors (Lipinski definition) is 7. The zero-order valence-electron chi connectivity index (χ0n) is 26.4. The number of carboxylic acid groups (broad SMARTS) is 1. The summed E-state index contributed by atoms with van der Waals surface area (Å²) >= 11 is 0. The maximum atomic E-state index is 11.5. The molecule has 1 aromatic carbocycles. The molecule has 1 aliphatic heterocycles. The normalized spacial score (nSPS) is 23.8. The average Bonchev–Trinajstić information content (AvgIpc) is 3.50. The highest BCUT2D eigenvalue weighted by Gasteiger charge is 2.32. The minimum absolute atomic E-state index is 0.0685. The number of likely N-dealkylation sites (tertiary alicyclic amines) is 1. The zero-order valence-corrected chi connectivity index (χ0v) is 26.4. The maximum absolute atomic E-state index is 11.5. The highest BCUT2D eigenvalue weighted by atomic mass is 16.4. The van der Waals surface area contributed by atoms with Crippen molar-refractivity contribution in [2.75, 3.05) is 30.3 Å². The standard InChI is InChI=1S/C35H49N7O2/c1-3-30(25-12-14-26(15-13-25)34(43)44)38-35-39-31-17-16-27(24-10-6-4-7-11-24)20-29(31)33(40-35)37-32(28-21-36-41(2)22-28)23-42-18-8-5-9-19-42/h4,6-7,10-11,21-22,25-27,30,32H,3,5,8-9,12-20,23H2,1-2H3,(H,43,44)(H2,37,38,39,40)/t25?,26?,27-,30-,32+/m1/s1. The molecule has 9 heteroatoms. The third kappa shape index (κ3) is 7.25. The van der Waals surface area contributed by atoms with E-state index in [4.69, 9.17) is 9.97 Å². The maximum Gasteiger partial charge on any atom is 0.306 e. The lowest BCUT2D eigenvalue weighted by Crippen LogP contribution is -2.36. The Bertz CT molecular complexity index is 1380. The second-order valence-corrected chi connectivity index (χ2v) is 13.3. The summed E-state index contributed by atoms with van der Waals surface area (Å²) in [4.78, 5) is 24.5. The number of aryl methyl sites for hydroxylation is 2. The van der Waals surface area contributed by atoms with Gasteiger partial charge in [-0.3, -0.25) is 9.48 Å². The van der Waals surface area contributed by atoms with Gasteiger partial charge in [0.25, 0.3) is 0 Å². The van der Waals surface area contributed by atoms with Crippen LogP contribution in [0.15, 0.2) is 42.7 Å². The number of piperidine rings is 1. The molecule has 0 spiro atoms. The van der Waals surface area contributed by atoms with Crippen molar-refractivity contribution >= 4 is 17.7 Å². The number of nitrogens with one attached hydrogen (secondary N) is 2. The van der Waals surface area contributed by atoms with E-state index < -0.39 is 5.97 Å². The van der Waals surface area contributed by atoms with Gasteiger partial charge in [0.1, 0.15) is 5.82 Å². The summed E-state index contributed by atoms with van der Waals surface area (Å²) in [5.74, 6) is 1.64. The third-order valence-electron chi connectivity index (χ3n) is 10.3. The minimum atomic E-state index is -0.653. The van der Waals surface area contributed by atoms with E-state index in [1.54, 1.807) is 0 Å². The van der Waals surface area contributed by atoms with Crippen LogP contribution in [0.25, 0.3) is 0 Å². The molecular weight excluding hydrogens is 550 g/mol. The number of rotatable bonds is 11. The lowest BCUT2D eigenvalue weighted by Gasteiger charge is -2.34. The molecule has 0 amide bonds. The topological polar surface area (TPSA) is 108 Å². The number of carbonyl (C=O) groups is 1. The number of fused-ring (bicyclic) bond motifs is 1. The number of anilines is 2. The van der Waals surface area contributed by atoms with E-state index in [1.165, 1.54) is 36.0 Å². The van der Waals surface area contributed by atoms with Gasteiger partial charge in [-0.15, -0.1) is 0 Å². The van der Waals surface area contributed by atoms with Crippen LogP contribution in [0.5, 0.6) is 0 Å². The molecule has 3 atom stereocenters. The Morgan fingerprint density at radius 1 is 1.02 bits per heavy atom. The third-order valence-corrected chi connectivity index (χ3v) is 10.3. The largest absolute Gasteiger partial charge is 0.481 e. The van der Waals surface area contributed by atoms with Gasteiger partial charge in [0.05, 0.1) is 23.9 Å². The SMILES string of the molecule is CC[C@@H](Nc1nc2c(c(N[C@@H](CN3CCCCC3)c3cnn(C)c3)n1)C[C@H](c1ccccc1)CC2)C1CCC(C(=O)O)CC1. The highest BCUT2D eigenvalue weighted by Crippen LogP contribution is 2.38. The van der Waals surface area contributed by atoms with Crippen molar-refractivity contribution in [2.45, 2.75) is 95.6 Å². The van der Waals surface area contributed by atoms with E-state index in [-0.39, 0.29) is 18.0 Å². The lowest BCUT2D eigenvalue weighted by atomic mass is 9.78. The fourth-order valence-electron chi connectivity index (χ4n) is 7.71. The van der Waals surface area contributed by atoms with E-state index in [0.29, 0.717) is 17.8 Å². The van der Waals surface area contributed by atoms with Crippen LogP contribution < -0.4 is 10.6 Å². The van der Waals surface area contributed by atoms with E-state index in [1.807, 2.05) is 17.9 Å². The van der Waals surface area contributed by atoms with Crippen molar-refractivity contribution in [1.82, 2.24) is 24.6 Å². The Kier molecular flexibility index (Phi) is 9.79. The molecular formula is C35H49N7O2. The lowest BCUT2D eigenvalue weighted by molar-refractivity contribution is -0.143. The fourth-order valence-corrected chi connectivity index (χ4v) is 7.71. The summed E-state index contributed by atoms with van der Waals surface area (Å²) in [6, 6.07) is 11.2. The molecule has 236 valence electrons. The summed E-state index contributed by atoms with van der Waals surface area (Å²) in [5.41, 5.74) is 4.94. The molecule has 3 aromatic rings. The molecule has 44 heavy (non-hydrogen) atoms. The molecule has 0 bridgehead atoms. The summed E-state index contributed by atoms with van der Waals surface area (Å²) < 4.78 is 1.89. The van der Waals surface area contributed by atoms with E-state index in [9.17, 15) is 9.90 Å². The predicted molar refractivity (Wildman–Crippen MR) is 174 cm³/mol. The van der Waals surface area contributed by atoms with E-state index >= 15 is 0 Å². The number of aliphatic carboxylic acids is 1. The van der Waals surface area contributed by atoms with Gasteiger partial charge < -0.3 is 20.6 Å². The Morgan fingerprint density at radius 2 is 1.80 bits per heavy atom. The van der Waals surface area contributed by atoms with Gasteiger partial charge in [-0.2, -0.15) is 10.1 Å². The first kappa shape index (κ1) is 30.6. The molecule has 1 saturated heterocycles. The van der Waals surface area contributed by atoms with Gasteiger partial charge in [0.15, 0.2) is 0 Å². The minimum Gasteiger partial charge on any atom is -0.481 e. The molecule has 2 aliphatic carbocycles. The smallest absolute Gasteiger partial charge is 0.306 e. The van der Waals surface area contributed by atoms with Crippen molar-refractivity contribution in [3.8, 4) is 0 Å². The second kappa shape index (κ2) is 14.1. The zero-order chi connectivity index (χ0) is 30.5. The number of nitrogens with zero attached hydrogens (tertiary/aromatic N) is 5. The van der Waals surface area contributed by atoms with E-state index in [0.717, 1.165) is 82.5 Å². The van der Waals surface area contributed by atoms with Crippen LogP contribution in [0.3, 0.4) is 0 Å². The first-order valence-electron chi connectivity index (χ1n) is 16.9. The van der Waals surface area contributed by atoms with Crippen molar-refractivity contribution in [3.05, 3.63) is 65.1 Å². The van der Waals surface area contributed by atoms with Crippen LogP contribution >= 0.6 is 0 Å². The highest BCUT2D eigenvalue weighted by molar-refractivity contribution is 5.70.